The van der Waals surface area contributed by atoms with Crippen molar-refractivity contribution < 1.29 is 23.5 Å². The zero-order valence-electron chi connectivity index (χ0n) is 22.8. The van der Waals surface area contributed by atoms with Crippen LogP contribution in [0.3, 0.4) is 0 Å². The molecule has 2 aromatic carbocycles. The summed E-state index contributed by atoms with van der Waals surface area (Å²) in [6, 6.07) is 12.1. The molecule has 2 amide bonds. The van der Waals surface area contributed by atoms with E-state index in [-0.39, 0.29) is 42.4 Å². The fourth-order valence-corrected chi connectivity index (χ4v) is 4.37. The van der Waals surface area contributed by atoms with Crippen molar-refractivity contribution in [1.82, 2.24) is 20.4 Å². The van der Waals surface area contributed by atoms with Gasteiger partial charge in [-0.3, -0.25) is 0 Å². The number of urea groups is 1. The number of amides is 2. The number of methoxy groups -OCH3 is 1. The Morgan fingerprint density at radius 3 is 2.63 bits per heavy atom. The van der Waals surface area contributed by atoms with E-state index in [0.717, 1.165) is 19.5 Å². The van der Waals surface area contributed by atoms with Crippen molar-refractivity contribution in [3.05, 3.63) is 54.6 Å². The van der Waals surface area contributed by atoms with Crippen molar-refractivity contribution in [2.24, 2.45) is 0 Å². The Hall–Kier alpha value is -3.07. The van der Waals surface area contributed by atoms with Crippen molar-refractivity contribution in [3.8, 4) is 23.1 Å². The quantitative estimate of drug-likeness (QED) is 0.159. The summed E-state index contributed by atoms with van der Waals surface area (Å²) in [4.78, 5) is 21.6. The van der Waals surface area contributed by atoms with E-state index in [1.165, 1.54) is 9.44 Å². The number of hydrogen-bond acceptors (Lipinski definition) is 9. The number of benzene rings is 2. The van der Waals surface area contributed by atoms with E-state index >= 15 is 0 Å². The molecule has 1 saturated heterocycles. The third-order valence-corrected chi connectivity index (χ3v) is 7.04. The highest BCUT2D eigenvalue weighted by molar-refractivity contribution is 14.1. The van der Waals surface area contributed by atoms with Gasteiger partial charge in [0.15, 0.2) is 17.3 Å². The lowest BCUT2D eigenvalue weighted by Gasteiger charge is -2.17. The first-order chi connectivity index (χ1) is 18.7. The Morgan fingerprint density at radius 2 is 1.95 bits per heavy atom. The van der Waals surface area contributed by atoms with Crippen LogP contribution in [0.2, 0.25) is 0 Å². The third kappa shape index (κ3) is 7.61. The van der Waals surface area contributed by atoms with Gasteiger partial charge in [-0.25, -0.2) is 17.9 Å². The summed E-state index contributed by atoms with van der Waals surface area (Å²) >= 11 is 1.89. The third-order valence-electron chi connectivity index (χ3n) is 6.11. The molecule has 4 aromatic rings. The highest BCUT2D eigenvalue weighted by Crippen LogP contribution is 2.37. The molecule has 1 aliphatic rings. The first kappa shape index (κ1) is 32.4. The first-order valence-electron chi connectivity index (χ1n) is 12.4. The maximum absolute atomic E-state index is 12.9. The smallest absolute Gasteiger partial charge is 0.336 e. The maximum atomic E-state index is 12.9. The highest BCUT2D eigenvalue weighted by atomic mass is 127. The lowest BCUT2D eigenvalue weighted by Crippen LogP contribution is -2.26. The monoisotopic (exact) mass is 716 g/mol. The van der Waals surface area contributed by atoms with Crippen LogP contribution in [0.1, 0.15) is 33.0 Å². The van der Waals surface area contributed by atoms with Crippen LogP contribution in [-0.4, -0.2) is 47.5 Å². The largest absolute Gasteiger partial charge is 0.493 e. The molecule has 0 radical (unpaired) electrons. The Bertz CT molecular complexity index is 1490. The molecule has 0 bridgehead atoms. The SMILES string of the molecule is COc1cc2ncnc(Oc3cccc(NC(=O)N(I)c4cc(C(C)(C)C)on4)c3)c2cc1OC1CCNC1.Cl.Cl. The number of fused-ring (bicyclic) bond motifs is 1. The molecule has 11 nitrogen and oxygen atoms in total. The molecular weight excluding hydrogens is 686 g/mol. The van der Waals surface area contributed by atoms with E-state index in [0.29, 0.717) is 51.3 Å². The van der Waals surface area contributed by atoms with Crippen LogP contribution in [0, 0.1) is 0 Å². The van der Waals surface area contributed by atoms with E-state index < -0.39 is 0 Å². The molecule has 14 heteroatoms. The van der Waals surface area contributed by atoms with Crippen molar-refractivity contribution in [2.75, 3.05) is 28.6 Å². The minimum atomic E-state index is -0.385. The van der Waals surface area contributed by atoms with Crippen LogP contribution in [0.15, 0.2) is 53.3 Å². The minimum absolute atomic E-state index is 0. The number of nitrogens with one attached hydrogen (secondary N) is 2. The highest BCUT2D eigenvalue weighted by Gasteiger charge is 2.24. The molecule has 0 aliphatic carbocycles. The van der Waals surface area contributed by atoms with Crippen molar-refractivity contribution in [1.29, 1.82) is 0 Å². The number of carbonyl (C=O) groups is 1. The molecule has 1 atom stereocenters. The summed E-state index contributed by atoms with van der Waals surface area (Å²) in [5, 5.41) is 10.8. The van der Waals surface area contributed by atoms with Crippen LogP contribution < -0.4 is 28.0 Å². The summed E-state index contributed by atoms with van der Waals surface area (Å²) < 4.78 is 24.6. The van der Waals surface area contributed by atoms with Gasteiger partial charge in [0.1, 0.15) is 23.9 Å². The summed E-state index contributed by atoms with van der Waals surface area (Å²) in [6.07, 6.45) is 2.40. The Kier molecular flexibility index (Phi) is 10.9. The molecule has 0 spiro atoms. The molecule has 1 aliphatic heterocycles. The second-order valence-corrected chi connectivity index (χ2v) is 11.0. The number of hydrogen-bond donors (Lipinski definition) is 2. The molecule has 2 N–H and O–H groups in total. The van der Waals surface area contributed by atoms with Crippen LogP contribution in [0.25, 0.3) is 10.9 Å². The average molecular weight is 717 g/mol. The molecule has 0 saturated carbocycles. The number of nitrogens with zero attached hydrogens (tertiary/aromatic N) is 4. The predicted octanol–water partition coefficient (Wildman–Crippen LogP) is 6.69. The number of ether oxygens (including phenoxy) is 3. The van der Waals surface area contributed by atoms with Gasteiger partial charge in [-0.05, 0) is 31.2 Å². The number of aromatic nitrogens is 3. The molecule has 1 unspecified atom stereocenters. The van der Waals surface area contributed by atoms with E-state index in [2.05, 4.69) is 25.8 Å². The Labute approximate surface area is 264 Å². The molecule has 41 heavy (non-hydrogen) atoms. The summed E-state index contributed by atoms with van der Waals surface area (Å²) in [6.45, 7) is 7.73. The fourth-order valence-electron chi connectivity index (χ4n) is 4.02. The number of rotatable bonds is 7. The first-order valence-corrected chi connectivity index (χ1v) is 13.4. The minimum Gasteiger partial charge on any atom is -0.493 e. The normalized spacial score (nSPS) is 14.5. The van der Waals surface area contributed by atoms with Crippen molar-refractivity contribution >= 4 is 76.1 Å². The van der Waals surface area contributed by atoms with Crippen LogP contribution in [0.5, 0.6) is 23.1 Å². The fraction of sp³-hybridized carbons (Fsp3) is 0.333. The second kappa shape index (κ2) is 13.7. The number of anilines is 2. The van der Waals surface area contributed by atoms with Gasteiger partial charge in [-0.2, -0.15) is 0 Å². The van der Waals surface area contributed by atoms with E-state index in [1.807, 2.05) is 55.8 Å². The van der Waals surface area contributed by atoms with Crippen LogP contribution in [-0.2, 0) is 5.41 Å². The summed E-state index contributed by atoms with van der Waals surface area (Å²) in [5.41, 5.74) is 0.972. The van der Waals surface area contributed by atoms with Gasteiger partial charge in [0.2, 0.25) is 5.88 Å². The second-order valence-electron chi connectivity index (χ2n) is 10.1. The number of carbonyl (C=O) groups excluding carboxylic acids is 1. The van der Waals surface area contributed by atoms with Crippen molar-refractivity contribution in [2.45, 2.75) is 38.7 Å². The Morgan fingerprint density at radius 1 is 1.15 bits per heavy atom. The van der Waals surface area contributed by atoms with Gasteiger partial charge in [0, 0.05) is 35.8 Å². The van der Waals surface area contributed by atoms with Gasteiger partial charge < -0.3 is 29.4 Å². The summed E-state index contributed by atoms with van der Waals surface area (Å²) in [5.74, 6) is 3.12. The van der Waals surface area contributed by atoms with E-state index in [4.69, 9.17) is 18.7 Å². The Balaban J connectivity index is 0.00000231. The number of halogens is 3. The van der Waals surface area contributed by atoms with Crippen molar-refractivity contribution in [3.63, 3.8) is 0 Å². The zero-order chi connectivity index (χ0) is 27.6. The topological polar surface area (TPSA) is 124 Å². The lowest BCUT2D eigenvalue weighted by atomic mass is 9.93. The standard InChI is InChI=1S/C27H29IN6O5.2ClH/c1-27(2,3)23-13-24(33-39-23)34(28)26(35)32-16-6-5-7-17(10-16)38-25-19-11-22(37-18-8-9-29-14-18)21(36-4)12-20(19)30-15-31-25;;/h5-7,10-13,15,18,29H,8-9,14H2,1-4H3,(H,32,35);2*1H. The maximum Gasteiger partial charge on any atom is 0.336 e. The van der Waals surface area contributed by atoms with Gasteiger partial charge in [-0.1, -0.05) is 32.0 Å². The van der Waals surface area contributed by atoms with Gasteiger partial charge in [0.25, 0.3) is 0 Å². The van der Waals surface area contributed by atoms with E-state index in [1.54, 1.807) is 37.4 Å². The van der Waals surface area contributed by atoms with E-state index in [9.17, 15) is 4.79 Å². The average Bonchev–Trinajstić information content (AvgIpc) is 3.61. The molecule has 2 aromatic heterocycles. The predicted molar refractivity (Wildman–Crippen MR) is 170 cm³/mol. The van der Waals surface area contributed by atoms with Gasteiger partial charge in [0.05, 0.1) is 40.9 Å². The zero-order valence-corrected chi connectivity index (χ0v) is 26.6. The van der Waals surface area contributed by atoms with Gasteiger partial charge in [-0.15, -0.1) is 24.8 Å². The molecule has 5 rings (SSSR count). The molecule has 3 heterocycles. The molecule has 220 valence electrons. The molecule has 1 fully saturated rings. The van der Waals surface area contributed by atoms with Crippen LogP contribution in [0.4, 0.5) is 16.3 Å². The van der Waals surface area contributed by atoms with Gasteiger partial charge >= 0.3 is 6.03 Å². The lowest BCUT2D eigenvalue weighted by molar-refractivity contribution is 0.213. The molecular formula is C27H31Cl2IN6O5. The summed E-state index contributed by atoms with van der Waals surface area (Å²) in [7, 11) is 1.60. The van der Waals surface area contributed by atoms with Crippen LogP contribution >= 0.6 is 47.7 Å².